The van der Waals surface area contributed by atoms with E-state index in [1.807, 2.05) is 13.8 Å². The number of hydrogen-bond donors (Lipinski definition) is 0. The van der Waals surface area contributed by atoms with Gasteiger partial charge in [0.05, 0.1) is 21.3 Å². The molecular weight excluding hydrogens is 469 g/mol. The van der Waals surface area contributed by atoms with Crippen molar-refractivity contribution in [2.45, 2.75) is 75.8 Å². The van der Waals surface area contributed by atoms with Gasteiger partial charge in [0.2, 0.25) is 5.88 Å². The van der Waals surface area contributed by atoms with Crippen molar-refractivity contribution in [3.63, 3.8) is 0 Å². The molecule has 0 bridgehead atoms. The number of benzene rings is 1. The van der Waals surface area contributed by atoms with E-state index in [4.69, 9.17) is 4.74 Å². The van der Waals surface area contributed by atoms with Crippen LogP contribution < -0.4 is 4.74 Å². The first-order valence-corrected chi connectivity index (χ1v) is 12.6. The molecule has 0 aliphatic heterocycles. The molecular formula is C24H29F3N2O4S. The summed E-state index contributed by atoms with van der Waals surface area (Å²) in [4.78, 5) is 20.7. The number of sulfone groups is 1. The van der Waals surface area contributed by atoms with Gasteiger partial charge < -0.3 is 4.74 Å². The van der Waals surface area contributed by atoms with Crippen LogP contribution in [-0.2, 0) is 16.0 Å². The molecule has 0 spiro atoms. The van der Waals surface area contributed by atoms with Gasteiger partial charge in [-0.25, -0.2) is 18.4 Å². The molecule has 0 unspecified atom stereocenters. The monoisotopic (exact) mass is 498 g/mol. The minimum atomic E-state index is -4.63. The summed E-state index contributed by atoms with van der Waals surface area (Å²) in [6.07, 6.45) is -2.28. The lowest BCUT2D eigenvalue weighted by atomic mass is 9.67. The summed E-state index contributed by atoms with van der Waals surface area (Å²) in [7, 11) is -4.03. The van der Waals surface area contributed by atoms with Crippen molar-refractivity contribution < 1.29 is 31.1 Å². The minimum Gasteiger partial charge on any atom is -0.475 e. The van der Waals surface area contributed by atoms with Crippen LogP contribution in [0.1, 0.15) is 68.6 Å². The molecule has 3 rings (SSSR count). The Labute approximate surface area is 197 Å². The number of nitrogens with zero attached hydrogens (tertiary/aromatic N) is 2. The summed E-state index contributed by atoms with van der Waals surface area (Å²) < 4.78 is 70.0. The van der Waals surface area contributed by atoms with E-state index in [1.54, 1.807) is 6.92 Å². The van der Waals surface area contributed by atoms with Crippen LogP contribution in [0, 0.1) is 18.8 Å². The number of carbonyl (C=O) groups is 1. The van der Waals surface area contributed by atoms with Crippen molar-refractivity contribution in [1.29, 1.82) is 0 Å². The highest BCUT2D eigenvalue weighted by molar-refractivity contribution is 7.92. The lowest BCUT2D eigenvalue weighted by Crippen LogP contribution is -2.46. The Morgan fingerprint density at radius 1 is 1.18 bits per heavy atom. The molecule has 0 radical (unpaired) electrons. The average molecular weight is 499 g/mol. The summed E-state index contributed by atoms with van der Waals surface area (Å²) in [6.45, 7) is 8.50. The Hall–Kier alpha value is -2.49. The van der Waals surface area contributed by atoms with E-state index in [9.17, 15) is 26.4 Å². The topological polar surface area (TPSA) is 86.2 Å². The minimum absolute atomic E-state index is 0.0303. The van der Waals surface area contributed by atoms with Crippen LogP contribution in [0.15, 0.2) is 35.5 Å². The van der Waals surface area contributed by atoms with E-state index in [2.05, 4.69) is 9.97 Å². The van der Waals surface area contributed by atoms with Crippen LogP contribution in [0.2, 0.25) is 0 Å². The molecule has 6 nitrogen and oxygen atoms in total. The van der Waals surface area contributed by atoms with Gasteiger partial charge in [-0.2, -0.15) is 13.2 Å². The molecule has 1 heterocycles. The molecule has 34 heavy (non-hydrogen) atoms. The molecule has 0 N–H and O–H groups in total. The van der Waals surface area contributed by atoms with Crippen molar-refractivity contribution in [3.05, 3.63) is 47.4 Å². The fourth-order valence-electron chi connectivity index (χ4n) is 4.25. The average Bonchev–Trinajstić information content (AvgIpc) is 2.70. The number of aromatic nitrogens is 2. The Kier molecular flexibility index (Phi) is 7.13. The van der Waals surface area contributed by atoms with Gasteiger partial charge in [-0.1, -0.05) is 6.07 Å². The molecule has 0 saturated heterocycles. The predicted octanol–water partition coefficient (Wildman–Crippen LogP) is 5.44. The second-order valence-electron chi connectivity index (χ2n) is 9.61. The summed E-state index contributed by atoms with van der Waals surface area (Å²) in [5.74, 6) is -0.128. The van der Waals surface area contributed by atoms with Crippen LogP contribution >= 0.6 is 0 Å². The Morgan fingerprint density at radius 2 is 1.82 bits per heavy atom. The molecule has 1 aliphatic carbocycles. The number of halogens is 3. The first-order valence-electron chi connectivity index (χ1n) is 11.1. The van der Waals surface area contributed by atoms with Gasteiger partial charge in [0.15, 0.2) is 15.6 Å². The third kappa shape index (κ3) is 5.11. The maximum absolute atomic E-state index is 13.2. The number of Topliss-reactive ketones (excluding diaryl/α,β-unsaturated/α-hetero) is 1. The van der Waals surface area contributed by atoms with Crippen LogP contribution in [0.4, 0.5) is 13.2 Å². The molecule has 1 saturated carbocycles. The van der Waals surface area contributed by atoms with E-state index in [0.717, 1.165) is 12.1 Å². The molecule has 1 aromatic carbocycles. The Morgan fingerprint density at radius 3 is 2.41 bits per heavy atom. The third-order valence-electron chi connectivity index (χ3n) is 6.51. The number of rotatable bonds is 8. The van der Waals surface area contributed by atoms with E-state index in [-0.39, 0.29) is 40.7 Å². The molecule has 1 aliphatic rings. The zero-order valence-electron chi connectivity index (χ0n) is 19.8. The van der Waals surface area contributed by atoms with Crippen LogP contribution in [0.5, 0.6) is 5.88 Å². The molecule has 2 aromatic rings. The maximum Gasteiger partial charge on any atom is 0.416 e. The second-order valence-corrected chi connectivity index (χ2v) is 12.1. The molecule has 186 valence electrons. The van der Waals surface area contributed by atoms with Gasteiger partial charge >= 0.3 is 6.18 Å². The van der Waals surface area contributed by atoms with E-state index < -0.39 is 26.3 Å². The van der Waals surface area contributed by atoms with Crippen molar-refractivity contribution in [1.82, 2.24) is 9.97 Å². The highest BCUT2D eigenvalue weighted by Crippen LogP contribution is 2.48. The highest BCUT2D eigenvalue weighted by Gasteiger charge is 2.49. The van der Waals surface area contributed by atoms with E-state index in [1.165, 1.54) is 26.2 Å². The molecule has 1 aromatic heterocycles. The summed E-state index contributed by atoms with van der Waals surface area (Å²) in [6, 6.07) is 3.84. The van der Waals surface area contributed by atoms with Gasteiger partial charge in [0, 0.05) is 12.0 Å². The fourth-order valence-corrected chi connectivity index (χ4v) is 6.03. The standard InChI is InChI=1S/C24H29F3N2O4S/c1-14(2)33-22-15(3)21(28-13-29-22)20(30)11-16-9-18(10-16)23(4,5)34(31,32)19-8-6-7-17(12-19)24(25,26)27/h6-8,12-14,16,18H,9-11H2,1-5H3. The van der Waals surface area contributed by atoms with E-state index >= 15 is 0 Å². The maximum atomic E-state index is 13.2. The smallest absolute Gasteiger partial charge is 0.416 e. The van der Waals surface area contributed by atoms with Gasteiger partial charge in [-0.15, -0.1) is 0 Å². The van der Waals surface area contributed by atoms with Gasteiger partial charge in [-0.3, -0.25) is 4.79 Å². The zero-order valence-corrected chi connectivity index (χ0v) is 20.6. The molecule has 10 heteroatoms. The number of carbonyl (C=O) groups excluding carboxylic acids is 1. The lowest BCUT2D eigenvalue weighted by Gasteiger charge is -2.44. The lowest BCUT2D eigenvalue weighted by molar-refractivity contribution is -0.137. The molecule has 0 amide bonds. The second kappa shape index (κ2) is 9.28. The summed E-state index contributed by atoms with van der Waals surface area (Å²) in [5.41, 5.74) is -0.156. The molecule has 0 atom stereocenters. The number of alkyl halides is 3. The van der Waals surface area contributed by atoms with Gasteiger partial charge in [0.25, 0.3) is 0 Å². The number of ketones is 1. The first kappa shape index (κ1) is 26.1. The third-order valence-corrected chi connectivity index (χ3v) is 9.10. The largest absolute Gasteiger partial charge is 0.475 e. The number of ether oxygens (including phenoxy) is 1. The highest BCUT2D eigenvalue weighted by atomic mass is 32.2. The zero-order chi connectivity index (χ0) is 25.5. The molecule has 1 fully saturated rings. The SMILES string of the molecule is Cc1c(OC(C)C)ncnc1C(=O)CC1CC(C(C)(C)S(=O)(=O)c2cccc(C(F)(F)F)c2)C1. The van der Waals surface area contributed by atoms with Gasteiger partial charge in [0.1, 0.15) is 12.0 Å². The van der Waals surface area contributed by atoms with Crippen LogP contribution in [0.25, 0.3) is 0 Å². The summed E-state index contributed by atoms with van der Waals surface area (Å²) >= 11 is 0. The van der Waals surface area contributed by atoms with Crippen molar-refractivity contribution in [3.8, 4) is 5.88 Å². The Balaban J connectivity index is 1.70. The Bertz CT molecular complexity index is 1170. The van der Waals surface area contributed by atoms with E-state index in [0.29, 0.717) is 30.4 Å². The predicted molar refractivity (Wildman–Crippen MR) is 120 cm³/mol. The quantitative estimate of drug-likeness (QED) is 0.451. The van der Waals surface area contributed by atoms with Gasteiger partial charge in [-0.05, 0) is 77.5 Å². The number of hydrogen-bond acceptors (Lipinski definition) is 6. The summed E-state index contributed by atoms with van der Waals surface area (Å²) in [5, 5.41) is 0. The first-order chi connectivity index (χ1) is 15.6. The normalized spacial score (nSPS) is 19.1. The van der Waals surface area contributed by atoms with Crippen LogP contribution in [-0.4, -0.2) is 35.0 Å². The van der Waals surface area contributed by atoms with Crippen molar-refractivity contribution in [2.75, 3.05) is 0 Å². The van der Waals surface area contributed by atoms with Crippen molar-refractivity contribution >= 4 is 15.6 Å². The van der Waals surface area contributed by atoms with Crippen LogP contribution in [0.3, 0.4) is 0 Å². The van der Waals surface area contributed by atoms with Crippen molar-refractivity contribution in [2.24, 2.45) is 11.8 Å². The fraction of sp³-hybridized carbons (Fsp3) is 0.542.